The van der Waals surface area contributed by atoms with Gasteiger partial charge in [0.15, 0.2) is 0 Å². The van der Waals surface area contributed by atoms with E-state index in [1.54, 1.807) is 0 Å². The van der Waals surface area contributed by atoms with E-state index in [1.807, 2.05) is 0 Å². The van der Waals surface area contributed by atoms with E-state index in [2.05, 4.69) is 0 Å². The van der Waals surface area contributed by atoms with Crippen LogP contribution in [0.1, 0.15) is 12.8 Å². The van der Waals surface area contributed by atoms with Crippen LogP contribution >= 0.6 is 0 Å². The van der Waals surface area contributed by atoms with Crippen molar-refractivity contribution in [1.82, 2.24) is 0 Å². The van der Waals surface area contributed by atoms with E-state index in [0.29, 0.717) is 0 Å². The van der Waals surface area contributed by atoms with Gasteiger partial charge in [0.1, 0.15) is 0 Å². The molecule has 1 saturated heterocycles. The smallest absolute Gasteiger partial charge is 0.218 e. The fraction of sp³-hybridized carbons (Fsp3) is 0.833. The van der Waals surface area contributed by atoms with Crippen LogP contribution in [0.5, 0.6) is 0 Å². The van der Waals surface area contributed by atoms with Crippen LogP contribution in [0.25, 0.3) is 0 Å². The molecule has 1 rings (SSSR count). The molecule has 7 nitrogen and oxygen atoms in total. The fourth-order valence-electron chi connectivity index (χ4n) is 1.48. The van der Waals surface area contributed by atoms with E-state index in [1.165, 1.54) is 0 Å². The van der Waals surface area contributed by atoms with Gasteiger partial charge in [0, 0.05) is 9.81 Å². The second-order valence-electron chi connectivity index (χ2n) is 3.91. The molecule has 0 aromatic rings. The summed E-state index contributed by atoms with van der Waals surface area (Å²) in [5.41, 5.74) is -12.9. The molecular formula is C6H6F6NO6S3+. The summed E-state index contributed by atoms with van der Waals surface area (Å²) in [7, 11) is -19.1. The Hall–Kier alpha value is -0.900. The molecule has 0 saturated carbocycles. The van der Waals surface area contributed by atoms with Crippen molar-refractivity contribution in [2.75, 3.05) is 5.75 Å². The van der Waals surface area contributed by atoms with Crippen LogP contribution in [0.2, 0.25) is 0 Å². The highest BCUT2D eigenvalue weighted by atomic mass is 32.3. The lowest BCUT2D eigenvalue weighted by Crippen LogP contribution is -2.47. The third kappa shape index (κ3) is 2.94. The first kappa shape index (κ1) is 19.1. The van der Waals surface area contributed by atoms with Crippen LogP contribution in [0.4, 0.5) is 26.3 Å². The van der Waals surface area contributed by atoms with E-state index in [4.69, 9.17) is 0 Å². The summed E-state index contributed by atoms with van der Waals surface area (Å²) >= 11 is 0. The first-order chi connectivity index (χ1) is 9.46. The molecule has 16 heteroatoms. The number of rotatable bonds is 2. The van der Waals surface area contributed by atoms with Crippen LogP contribution in [0.3, 0.4) is 0 Å². The number of alkyl halides is 6. The van der Waals surface area contributed by atoms with Gasteiger partial charge in [-0.15, -0.1) is 0 Å². The molecule has 0 bridgehead atoms. The highest BCUT2D eigenvalue weighted by Gasteiger charge is 2.69. The minimum absolute atomic E-state index is 0.519. The first-order valence-corrected chi connectivity index (χ1v) is 9.51. The van der Waals surface area contributed by atoms with Gasteiger partial charge in [-0.2, -0.15) is 43.2 Å². The van der Waals surface area contributed by atoms with Crippen molar-refractivity contribution in [1.29, 1.82) is 0 Å². The fourth-order valence-corrected chi connectivity index (χ4v) is 6.82. The molecule has 0 radical (unpaired) electrons. The Morgan fingerprint density at radius 2 is 1.23 bits per heavy atom. The molecule has 1 aliphatic heterocycles. The van der Waals surface area contributed by atoms with Crippen LogP contribution in [-0.4, -0.2) is 50.5 Å². The third-order valence-electron chi connectivity index (χ3n) is 2.39. The Morgan fingerprint density at radius 3 is 1.45 bits per heavy atom. The summed E-state index contributed by atoms with van der Waals surface area (Å²) < 4.78 is 140. The van der Waals surface area contributed by atoms with Crippen molar-refractivity contribution in [2.24, 2.45) is 0 Å². The summed E-state index contributed by atoms with van der Waals surface area (Å²) in [4.78, 5) is 0. The highest BCUT2D eigenvalue weighted by molar-refractivity contribution is 8.08. The zero-order valence-electron chi connectivity index (χ0n) is 10.0. The monoisotopic (exact) mass is 398 g/mol. The number of halogens is 6. The molecule has 0 atom stereocenters. The van der Waals surface area contributed by atoms with E-state index in [0.717, 1.165) is 0 Å². The van der Waals surface area contributed by atoms with Crippen molar-refractivity contribution in [2.45, 2.75) is 23.9 Å². The summed E-state index contributed by atoms with van der Waals surface area (Å²) in [5, 5.41) is -1.97. The Morgan fingerprint density at radius 1 is 0.864 bits per heavy atom. The van der Waals surface area contributed by atoms with Gasteiger partial charge in [-0.3, -0.25) is 0 Å². The SMILES string of the molecule is O=S1(=O)CCCC1=[N+](S(=O)(=O)C(F)(F)F)S(=O)(=O)C(F)(F)F. The lowest BCUT2D eigenvalue weighted by Gasteiger charge is -2.10. The largest absolute Gasteiger partial charge is 0.561 e. The van der Waals surface area contributed by atoms with E-state index >= 15 is 0 Å². The molecule has 0 amide bonds. The van der Waals surface area contributed by atoms with Crippen LogP contribution in [0, 0.1) is 0 Å². The molecule has 1 heterocycles. The van der Waals surface area contributed by atoms with Gasteiger partial charge < -0.3 is 0 Å². The van der Waals surface area contributed by atoms with Gasteiger partial charge in [0.25, 0.3) is 0 Å². The number of hydrogen-bond acceptors (Lipinski definition) is 6. The zero-order valence-corrected chi connectivity index (χ0v) is 12.5. The molecule has 22 heavy (non-hydrogen) atoms. The summed E-state index contributed by atoms with van der Waals surface area (Å²) in [6, 6.07) is 0. The number of sulfone groups is 1. The highest BCUT2D eigenvalue weighted by Crippen LogP contribution is 2.34. The predicted molar refractivity (Wildman–Crippen MR) is 58.2 cm³/mol. The Balaban J connectivity index is 4.01. The first-order valence-electron chi connectivity index (χ1n) is 4.98. The summed E-state index contributed by atoms with van der Waals surface area (Å²) in [6.07, 6.45) is -1.61. The van der Waals surface area contributed by atoms with Crippen molar-refractivity contribution in [3.63, 3.8) is 0 Å². The van der Waals surface area contributed by atoms with Crippen molar-refractivity contribution >= 4 is 34.9 Å². The lowest BCUT2D eigenvalue weighted by molar-refractivity contribution is -0.230. The molecule has 0 aliphatic carbocycles. The Labute approximate surface area is 120 Å². The summed E-state index contributed by atoms with van der Waals surface area (Å²) in [6.45, 7) is 0. The maximum Gasteiger partial charge on any atom is 0.561 e. The van der Waals surface area contributed by atoms with Crippen molar-refractivity contribution in [3.05, 3.63) is 0 Å². The number of nitrogens with zero attached hydrogens (tertiary/aromatic N) is 1. The maximum absolute atomic E-state index is 12.4. The maximum atomic E-state index is 12.4. The normalized spacial score (nSPS) is 20.2. The molecule has 1 aliphatic rings. The molecule has 0 aromatic heterocycles. The Kier molecular flexibility index (Phi) is 4.40. The Bertz CT molecular complexity index is 769. The molecule has 0 unspecified atom stereocenters. The molecule has 0 spiro atoms. The third-order valence-corrected chi connectivity index (χ3v) is 8.21. The number of hydrogen-bond donors (Lipinski definition) is 0. The quantitative estimate of drug-likeness (QED) is 0.490. The zero-order chi connectivity index (χ0) is 17.8. The van der Waals surface area contributed by atoms with Gasteiger partial charge in [-0.05, 0) is 6.42 Å². The van der Waals surface area contributed by atoms with Gasteiger partial charge in [-0.25, -0.2) is 8.42 Å². The van der Waals surface area contributed by atoms with E-state index < -0.39 is 67.9 Å². The lowest BCUT2D eigenvalue weighted by atomic mass is 10.4. The topological polar surface area (TPSA) is 105 Å². The van der Waals surface area contributed by atoms with Crippen LogP contribution < -0.4 is 0 Å². The average molecular weight is 398 g/mol. The van der Waals surface area contributed by atoms with Gasteiger partial charge in [0.05, 0.1) is 5.75 Å². The minimum Gasteiger partial charge on any atom is -0.218 e. The average Bonchev–Trinajstić information content (AvgIpc) is 2.54. The van der Waals surface area contributed by atoms with Crippen molar-refractivity contribution in [3.8, 4) is 0 Å². The second-order valence-corrected chi connectivity index (χ2v) is 9.81. The van der Waals surface area contributed by atoms with E-state index in [9.17, 15) is 51.6 Å². The van der Waals surface area contributed by atoms with Crippen LogP contribution in [0.15, 0.2) is 0 Å². The predicted octanol–water partition coefficient (Wildman–Crippen LogP) is 0.305. The molecular weight excluding hydrogens is 392 g/mol. The standard InChI is InChI=1S/C6H6F6NO6S3/c7-5(8,9)21(16,17)13(22(18,19)6(10,11)12)4-2-1-3-20(4,14)15/h1-3H2/q+1. The van der Waals surface area contributed by atoms with Gasteiger partial charge >= 0.3 is 36.1 Å². The molecule has 1 fully saturated rings. The number of sulfonamides is 2. The van der Waals surface area contributed by atoms with Gasteiger partial charge in [-0.1, -0.05) is 0 Å². The molecule has 130 valence electrons. The summed E-state index contributed by atoms with van der Waals surface area (Å²) in [5.74, 6) is -0.973. The van der Waals surface area contributed by atoms with Gasteiger partial charge in [0.2, 0.25) is 9.84 Å². The van der Waals surface area contributed by atoms with Crippen LogP contribution in [-0.2, 0) is 29.9 Å². The second kappa shape index (κ2) is 5.05. The molecule has 0 N–H and O–H groups in total. The van der Waals surface area contributed by atoms with Crippen molar-refractivity contribution < 1.29 is 55.0 Å². The molecule has 0 aromatic carbocycles. The minimum atomic E-state index is -7.12. The van der Waals surface area contributed by atoms with E-state index in [-0.39, 0.29) is 0 Å².